The molecule has 0 radical (unpaired) electrons. The van der Waals surface area contributed by atoms with Gasteiger partial charge in [-0.2, -0.15) is 9.40 Å². The molecule has 3 rings (SSSR count). The summed E-state index contributed by atoms with van der Waals surface area (Å²) in [6, 6.07) is 6.98. The van der Waals surface area contributed by atoms with Gasteiger partial charge in [0.15, 0.2) is 0 Å². The predicted octanol–water partition coefficient (Wildman–Crippen LogP) is 2.15. The highest BCUT2D eigenvalue weighted by Gasteiger charge is 2.35. The number of aromatic nitrogens is 2. The third-order valence-electron chi connectivity index (χ3n) is 4.38. The average Bonchev–Trinajstić information content (AvgIpc) is 2.99. The first kappa shape index (κ1) is 17.1. The van der Waals surface area contributed by atoms with E-state index in [2.05, 4.69) is 5.10 Å². The fraction of sp³-hybridized carbons (Fsp3) is 0.471. The van der Waals surface area contributed by atoms with Gasteiger partial charge < -0.3 is 4.74 Å². The monoisotopic (exact) mass is 349 g/mol. The summed E-state index contributed by atoms with van der Waals surface area (Å²) < 4.78 is 34.7. The zero-order chi connectivity index (χ0) is 17.3. The molecule has 0 bridgehead atoms. The Morgan fingerprint density at radius 2 is 2.00 bits per heavy atom. The Hall–Kier alpha value is -1.70. The molecule has 7 heteroatoms. The van der Waals surface area contributed by atoms with Crippen molar-refractivity contribution in [1.29, 1.82) is 0 Å². The van der Waals surface area contributed by atoms with Crippen LogP contribution in [-0.2, 0) is 27.8 Å². The molecule has 0 saturated heterocycles. The lowest BCUT2D eigenvalue weighted by atomic mass is 9.99. The van der Waals surface area contributed by atoms with Crippen LogP contribution in [0, 0.1) is 6.92 Å². The highest BCUT2D eigenvalue weighted by atomic mass is 32.2. The Balaban J connectivity index is 1.96. The number of rotatable bonds is 5. The molecule has 0 fully saturated rings. The molecular formula is C17H23N3O3S. The topological polar surface area (TPSA) is 64.4 Å². The number of hydrogen-bond acceptors (Lipinski definition) is 4. The van der Waals surface area contributed by atoms with Gasteiger partial charge in [0.2, 0.25) is 10.0 Å². The van der Waals surface area contributed by atoms with E-state index in [9.17, 15) is 8.42 Å². The van der Waals surface area contributed by atoms with Crippen molar-refractivity contribution in [2.75, 3.05) is 20.3 Å². The second-order valence-corrected chi connectivity index (χ2v) is 8.10. The number of fused-ring (bicyclic) bond motifs is 1. The van der Waals surface area contributed by atoms with Crippen molar-refractivity contribution in [3.8, 4) is 0 Å². The van der Waals surface area contributed by atoms with Gasteiger partial charge >= 0.3 is 0 Å². The first-order chi connectivity index (χ1) is 11.5. The maximum atomic E-state index is 13.0. The Morgan fingerprint density at radius 3 is 2.62 bits per heavy atom. The third-order valence-corrected chi connectivity index (χ3v) is 6.20. The molecule has 1 aliphatic heterocycles. The Kier molecular flexibility index (Phi) is 4.76. The quantitative estimate of drug-likeness (QED) is 0.830. The van der Waals surface area contributed by atoms with Gasteiger partial charge in [-0.3, -0.25) is 4.68 Å². The molecule has 0 saturated carbocycles. The summed E-state index contributed by atoms with van der Waals surface area (Å²) in [6.07, 6.45) is 1.94. The maximum absolute atomic E-state index is 13.0. The van der Waals surface area contributed by atoms with Gasteiger partial charge in [0, 0.05) is 44.4 Å². The van der Waals surface area contributed by atoms with E-state index < -0.39 is 10.0 Å². The number of ether oxygens (including phenoxy) is 1. The first-order valence-corrected chi connectivity index (χ1v) is 9.51. The molecule has 2 heterocycles. The second kappa shape index (κ2) is 6.66. The van der Waals surface area contributed by atoms with Crippen LogP contribution in [0.5, 0.6) is 0 Å². The standard InChI is InChI=1S/C17H23N3O3S/c1-4-19-9-14-10-20(11-15(12-23-3)17(14)18-19)24(21,22)16-7-5-13(2)6-8-16/h5-9,15H,4,10-12H2,1-3H3/t15-/m0/s1. The normalized spacial score (nSPS) is 18.5. The van der Waals surface area contributed by atoms with E-state index in [0.717, 1.165) is 23.4 Å². The van der Waals surface area contributed by atoms with Gasteiger partial charge in [0.05, 0.1) is 17.2 Å². The van der Waals surface area contributed by atoms with Crippen LogP contribution in [0.2, 0.25) is 0 Å². The number of sulfonamides is 1. The Labute approximate surface area is 143 Å². The molecule has 1 aromatic heterocycles. The largest absolute Gasteiger partial charge is 0.384 e. The summed E-state index contributed by atoms with van der Waals surface area (Å²) in [7, 11) is -1.90. The summed E-state index contributed by atoms with van der Waals surface area (Å²) >= 11 is 0. The van der Waals surface area contributed by atoms with Crippen molar-refractivity contribution < 1.29 is 13.2 Å². The number of nitrogens with zero attached hydrogens (tertiary/aromatic N) is 3. The van der Waals surface area contributed by atoms with Crippen LogP contribution in [-0.4, -0.2) is 42.8 Å². The van der Waals surface area contributed by atoms with Crippen molar-refractivity contribution >= 4 is 10.0 Å². The molecule has 1 aliphatic rings. The van der Waals surface area contributed by atoms with Crippen molar-refractivity contribution in [2.24, 2.45) is 0 Å². The lowest BCUT2D eigenvalue weighted by Crippen LogP contribution is -2.39. The Bertz CT molecular complexity index is 812. The van der Waals surface area contributed by atoms with Crippen LogP contribution >= 0.6 is 0 Å². The molecule has 24 heavy (non-hydrogen) atoms. The van der Waals surface area contributed by atoms with Gasteiger partial charge in [-0.1, -0.05) is 17.7 Å². The number of benzene rings is 1. The lowest BCUT2D eigenvalue weighted by molar-refractivity contribution is 0.161. The molecule has 1 atom stereocenters. The summed E-state index contributed by atoms with van der Waals surface area (Å²) in [4.78, 5) is 0.329. The summed E-state index contributed by atoms with van der Waals surface area (Å²) in [5.41, 5.74) is 2.95. The van der Waals surface area contributed by atoms with E-state index in [4.69, 9.17) is 4.74 Å². The summed E-state index contributed by atoms with van der Waals surface area (Å²) in [5.74, 6) is -0.0493. The van der Waals surface area contributed by atoms with Crippen molar-refractivity contribution in [1.82, 2.24) is 14.1 Å². The first-order valence-electron chi connectivity index (χ1n) is 8.07. The molecule has 0 spiro atoms. The minimum atomic E-state index is -3.53. The fourth-order valence-electron chi connectivity index (χ4n) is 3.07. The van der Waals surface area contributed by atoms with E-state index in [1.807, 2.05) is 36.9 Å². The summed E-state index contributed by atoms with van der Waals surface area (Å²) in [6.45, 7) is 5.91. The van der Waals surface area contributed by atoms with Crippen molar-refractivity contribution in [3.05, 3.63) is 47.3 Å². The van der Waals surface area contributed by atoms with Gasteiger partial charge in [-0.15, -0.1) is 0 Å². The van der Waals surface area contributed by atoms with Gasteiger partial charge in [0.1, 0.15) is 0 Å². The van der Waals surface area contributed by atoms with Gasteiger partial charge in [0.25, 0.3) is 0 Å². The third kappa shape index (κ3) is 3.11. The van der Waals surface area contributed by atoms with Crippen LogP contribution in [0.25, 0.3) is 0 Å². The zero-order valence-corrected chi connectivity index (χ0v) is 15.1. The average molecular weight is 349 g/mol. The van der Waals surface area contributed by atoms with E-state index in [0.29, 0.717) is 24.6 Å². The zero-order valence-electron chi connectivity index (χ0n) is 14.3. The molecular weight excluding hydrogens is 326 g/mol. The van der Waals surface area contributed by atoms with E-state index in [1.165, 1.54) is 4.31 Å². The van der Waals surface area contributed by atoms with Crippen LogP contribution in [0.15, 0.2) is 35.4 Å². The molecule has 0 aliphatic carbocycles. The van der Waals surface area contributed by atoms with Crippen LogP contribution in [0.1, 0.15) is 29.7 Å². The smallest absolute Gasteiger partial charge is 0.243 e. The number of aryl methyl sites for hydroxylation is 2. The summed E-state index contributed by atoms with van der Waals surface area (Å²) in [5, 5.41) is 4.59. The Morgan fingerprint density at radius 1 is 1.29 bits per heavy atom. The van der Waals surface area contributed by atoms with E-state index >= 15 is 0 Å². The van der Waals surface area contributed by atoms with Crippen LogP contribution in [0.3, 0.4) is 0 Å². The minimum absolute atomic E-state index is 0.0493. The molecule has 0 N–H and O–H groups in total. The fourth-order valence-corrected chi connectivity index (χ4v) is 4.53. The molecule has 1 aromatic carbocycles. The lowest BCUT2D eigenvalue weighted by Gasteiger charge is -2.30. The molecule has 0 unspecified atom stereocenters. The number of methoxy groups -OCH3 is 1. The van der Waals surface area contributed by atoms with Crippen molar-refractivity contribution in [3.63, 3.8) is 0 Å². The van der Waals surface area contributed by atoms with Crippen LogP contribution in [0.4, 0.5) is 0 Å². The van der Waals surface area contributed by atoms with Crippen LogP contribution < -0.4 is 0 Å². The highest BCUT2D eigenvalue weighted by Crippen LogP contribution is 2.31. The minimum Gasteiger partial charge on any atom is -0.384 e. The van der Waals surface area contributed by atoms with Crippen molar-refractivity contribution in [2.45, 2.75) is 37.8 Å². The molecule has 130 valence electrons. The SMILES string of the molecule is CCn1cc2c(n1)[C@H](COC)CN(S(=O)(=O)c1ccc(C)cc1)C2. The van der Waals surface area contributed by atoms with E-state index in [1.54, 1.807) is 19.2 Å². The molecule has 0 amide bonds. The van der Waals surface area contributed by atoms with E-state index in [-0.39, 0.29) is 5.92 Å². The second-order valence-electron chi connectivity index (χ2n) is 6.16. The molecule has 2 aromatic rings. The maximum Gasteiger partial charge on any atom is 0.243 e. The van der Waals surface area contributed by atoms with Gasteiger partial charge in [-0.25, -0.2) is 8.42 Å². The highest BCUT2D eigenvalue weighted by molar-refractivity contribution is 7.89. The number of hydrogen-bond donors (Lipinski definition) is 0. The molecule has 6 nitrogen and oxygen atoms in total. The predicted molar refractivity (Wildman–Crippen MR) is 91.3 cm³/mol. The van der Waals surface area contributed by atoms with Gasteiger partial charge in [-0.05, 0) is 26.0 Å².